The summed E-state index contributed by atoms with van der Waals surface area (Å²) in [5.41, 5.74) is 0.786. The minimum atomic E-state index is -0.887. The first-order chi connectivity index (χ1) is 8.77. The van der Waals surface area contributed by atoms with Crippen LogP contribution in [0.5, 0.6) is 5.75 Å². The van der Waals surface area contributed by atoms with Crippen molar-refractivity contribution in [3.05, 3.63) is 40.2 Å². The van der Waals surface area contributed by atoms with Gasteiger partial charge in [0.2, 0.25) is 0 Å². The minimum Gasteiger partial charge on any atom is -0.425 e. The van der Waals surface area contributed by atoms with Crippen LogP contribution < -0.4 is 10.4 Å². The van der Waals surface area contributed by atoms with Gasteiger partial charge in [-0.3, -0.25) is 4.79 Å². The second-order valence-corrected chi connectivity index (χ2v) is 5.97. The molecule has 0 saturated carbocycles. The summed E-state index contributed by atoms with van der Waals surface area (Å²) in [5.74, 6) is -0.140. The summed E-state index contributed by atoms with van der Waals surface area (Å²) in [6.07, 6.45) is 0. The zero-order chi connectivity index (χ0) is 14.2. The van der Waals surface area contributed by atoms with Crippen molar-refractivity contribution in [2.24, 2.45) is 0 Å². The molecule has 2 rings (SSSR count). The van der Waals surface area contributed by atoms with Crippen LogP contribution in [0.2, 0.25) is 0 Å². The van der Waals surface area contributed by atoms with E-state index in [0.717, 1.165) is 10.9 Å². The first-order valence-corrected chi connectivity index (χ1v) is 6.21. The molecule has 0 N–H and O–H groups in total. The monoisotopic (exact) mass is 278 g/mol. The van der Waals surface area contributed by atoms with Crippen LogP contribution in [0, 0.1) is 6.92 Å². The van der Waals surface area contributed by atoms with Crippen molar-refractivity contribution in [1.29, 1.82) is 0 Å². The topological polar surface area (TPSA) is 56.5 Å². The molecule has 1 aromatic heterocycles. The van der Waals surface area contributed by atoms with E-state index in [1.54, 1.807) is 26.0 Å². The van der Waals surface area contributed by atoms with Gasteiger partial charge in [0.15, 0.2) is 0 Å². The van der Waals surface area contributed by atoms with Crippen LogP contribution in [0.15, 0.2) is 33.5 Å². The summed E-state index contributed by atoms with van der Waals surface area (Å²) in [7, 11) is 0. The molecule has 5 heteroatoms. The zero-order valence-corrected chi connectivity index (χ0v) is 11.8. The highest BCUT2D eigenvalue weighted by Gasteiger charge is 2.25. The van der Waals surface area contributed by atoms with E-state index in [4.69, 9.17) is 9.15 Å². The molecule has 0 bridgehead atoms. The van der Waals surface area contributed by atoms with Crippen LogP contribution in [0.4, 0.5) is 0 Å². The normalized spacial score (nSPS) is 11.6. The lowest BCUT2D eigenvalue weighted by atomic mass is 10.1. The van der Waals surface area contributed by atoms with Gasteiger partial charge in [0.25, 0.3) is 0 Å². The van der Waals surface area contributed by atoms with Gasteiger partial charge >= 0.3 is 11.6 Å². The summed E-state index contributed by atoms with van der Waals surface area (Å²) < 4.78 is 9.39. The summed E-state index contributed by atoms with van der Waals surface area (Å²) in [5, 5.41) is 0.810. The van der Waals surface area contributed by atoms with Crippen molar-refractivity contribution in [3.63, 3.8) is 0 Å². The molecule has 1 heterocycles. The number of aryl methyl sites for hydroxylation is 1. The molecule has 0 aliphatic heterocycles. The van der Waals surface area contributed by atoms with E-state index in [-0.39, 0.29) is 0 Å². The molecule has 1 aromatic carbocycles. The molecule has 0 saturated heterocycles. The number of ether oxygens (including phenoxy) is 1. The Hall–Kier alpha value is -1.75. The van der Waals surface area contributed by atoms with Crippen molar-refractivity contribution >= 4 is 29.6 Å². The van der Waals surface area contributed by atoms with E-state index >= 15 is 0 Å². The van der Waals surface area contributed by atoms with Crippen molar-refractivity contribution in [2.75, 3.05) is 0 Å². The largest absolute Gasteiger partial charge is 0.425 e. The molecular formula is C14H14O4S. The third kappa shape index (κ3) is 2.98. The highest BCUT2D eigenvalue weighted by molar-refractivity contribution is 7.82. The number of fused-ring (bicyclic) bond motifs is 1. The Balaban J connectivity index is 2.42. The first-order valence-electron chi connectivity index (χ1n) is 5.76. The SMILES string of the molecule is Cc1cc(=O)oc2cc(OC(=O)C(C)(C)S)ccc12. The fraction of sp³-hybridized carbons (Fsp3) is 0.286. The molecule has 0 radical (unpaired) electrons. The first kappa shape index (κ1) is 13.7. The number of thiol groups is 1. The average Bonchev–Trinajstić information content (AvgIpc) is 2.26. The molecule has 0 fully saturated rings. The van der Waals surface area contributed by atoms with Gasteiger partial charge in [-0.2, -0.15) is 12.6 Å². The van der Waals surface area contributed by atoms with Crippen LogP contribution in [0.3, 0.4) is 0 Å². The number of rotatable bonds is 2. The molecule has 0 atom stereocenters. The average molecular weight is 278 g/mol. The molecule has 0 spiro atoms. The summed E-state index contributed by atoms with van der Waals surface area (Å²) in [6.45, 7) is 5.11. The smallest absolute Gasteiger partial charge is 0.336 e. The predicted molar refractivity (Wildman–Crippen MR) is 75.9 cm³/mol. The number of benzene rings is 1. The Morgan fingerprint density at radius 1 is 1.32 bits per heavy atom. The van der Waals surface area contributed by atoms with Crippen molar-refractivity contribution < 1.29 is 13.9 Å². The molecule has 0 aliphatic rings. The summed E-state index contributed by atoms with van der Waals surface area (Å²) in [6, 6.07) is 6.36. The van der Waals surface area contributed by atoms with Crippen molar-refractivity contribution in [1.82, 2.24) is 0 Å². The quantitative estimate of drug-likeness (QED) is 0.397. The third-order valence-electron chi connectivity index (χ3n) is 2.63. The lowest BCUT2D eigenvalue weighted by Gasteiger charge is -2.15. The number of carbonyl (C=O) groups is 1. The zero-order valence-electron chi connectivity index (χ0n) is 10.9. The van der Waals surface area contributed by atoms with Gasteiger partial charge in [0.1, 0.15) is 16.1 Å². The number of esters is 1. The molecule has 100 valence electrons. The van der Waals surface area contributed by atoms with Crippen LogP contribution in [0.25, 0.3) is 11.0 Å². The number of hydrogen-bond acceptors (Lipinski definition) is 5. The number of carbonyl (C=O) groups excluding carboxylic acids is 1. The van der Waals surface area contributed by atoms with Gasteiger partial charge in [-0.05, 0) is 38.5 Å². The van der Waals surface area contributed by atoms with Crippen molar-refractivity contribution in [2.45, 2.75) is 25.5 Å². The van der Waals surface area contributed by atoms with E-state index in [1.165, 1.54) is 12.1 Å². The van der Waals surface area contributed by atoms with Gasteiger partial charge in [0, 0.05) is 17.5 Å². The Labute approximate surface area is 115 Å². The van der Waals surface area contributed by atoms with Crippen LogP contribution >= 0.6 is 12.6 Å². The van der Waals surface area contributed by atoms with E-state index in [2.05, 4.69) is 12.6 Å². The lowest BCUT2D eigenvalue weighted by Crippen LogP contribution is -2.29. The summed E-state index contributed by atoms with van der Waals surface area (Å²) in [4.78, 5) is 23.0. The predicted octanol–water partition coefficient (Wildman–Crippen LogP) is 2.72. The van der Waals surface area contributed by atoms with E-state index in [9.17, 15) is 9.59 Å². The highest BCUT2D eigenvalue weighted by atomic mass is 32.1. The van der Waals surface area contributed by atoms with Gasteiger partial charge in [-0.25, -0.2) is 4.79 Å². The number of hydrogen-bond donors (Lipinski definition) is 1. The van der Waals surface area contributed by atoms with Gasteiger partial charge < -0.3 is 9.15 Å². The molecule has 2 aromatic rings. The van der Waals surface area contributed by atoms with Gasteiger partial charge in [-0.15, -0.1) is 0 Å². The van der Waals surface area contributed by atoms with Gasteiger partial charge in [-0.1, -0.05) is 0 Å². The fourth-order valence-corrected chi connectivity index (χ4v) is 1.65. The molecule has 0 amide bonds. The maximum atomic E-state index is 11.7. The Morgan fingerprint density at radius 2 is 2.00 bits per heavy atom. The molecule has 0 unspecified atom stereocenters. The summed E-state index contributed by atoms with van der Waals surface area (Å²) >= 11 is 4.14. The third-order valence-corrected chi connectivity index (χ3v) is 2.82. The van der Waals surface area contributed by atoms with E-state index < -0.39 is 16.3 Å². The second kappa shape index (κ2) is 4.74. The maximum absolute atomic E-state index is 11.7. The molecule has 19 heavy (non-hydrogen) atoms. The molecular weight excluding hydrogens is 264 g/mol. The molecule has 0 aliphatic carbocycles. The van der Waals surface area contributed by atoms with Gasteiger partial charge in [0.05, 0.1) is 0 Å². The van der Waals surface area contributed by atoms with Crippen LogP contribution in [-0.2, 0) is 4.79 Å². The van der Waals surface area contributed by atoms with E-state index in [0.29, 0.717) is 11.3 Å². The van der Waals surface area contributed by atoms with Crippen LogP contribution in [-0.4, -0.2) is 10.7 Å². The Bertz CT molecular complexity index is 695. The maximum Gasteiger partial charge on any atom is 0.336 e. The lowest BCUT2D eigenvalue weighted by molar-refractivity contribution is -0.136. The standard InChI is InChI=1S/C14H14O4S/c1-8-6-12(15)18-11-7-9(4-5-10(8)11)17-13(16)14(2,3)19/h4-7,19H,1-3H3. The second-order valence-electron chi connectivity index (χ2n) is 4.85. The van der Waals surface area contributed by atoms with E-state index in [1.807, 2.05) is 6.92 Å². The fourth-order valence-electron chi connectivity index (χ4n) is 1.60. The Kier molecular flexibility index (Phi) is 3.41. The Morgan fingerprint density at radius 3 is 2.63 bits per heavy atom. The van der Waals surface area contributed by atoms with Crippen LogP contribution in [0.1, 0.15) is 19.4 Å². The van der Waals surface area contributed by atoms with Crippen molar-refractivity contribution in [3.8, 4) is 5.75 Å². The molecule has 4 nitrogen and oxygen atoms in total. The minimum absolute atomic E-state index is 0.327. The highest BCUT2D eigenvalue weighted by Crippen LogP contribution is 2.24.